The quantitative estimate of drug-likeness (QED) is 0.441. The third-order valence-electron chi connectivity index (χ3n) is 0.500. The molecule has 0 heterocycles. The van der Waals surface area contributed by atoms with Crippen molar-refractivity contribution in [1.29, 1.82) is 0 Å². The van der Waals surface area contributed by atoms with E-state index >= 15 is 0 Å². The van der Waals surface area contributed by atoms with Crippen molar-refractivity contribution in [3.05, 3.63) is 0 Å². The van der Waals surface area contributed by atoms with Gasteiger partial charge in [-0.3, -0.25) is 0 Å². The van der Waals surface area contributed by atoms with Gasteiger partial charge in [0.15, 0.2) is 17.4 Å². The van der Waals surface area contributed by atoms with Crippen molar-refractivity contribution in [3.63, 3.8) is 0 Å². The fourth-order valence-electron chi connectivity index (χ4n) is 0. The summed E-state index contributed by atoms with van der Waals surface area (Å²) in [7, 11) is -1.17. The summed E-state index contributed by atoms with van der Waals surface area (Å²) in [6, 6.07) is 0. The molecular weight excluding hydrogens is 138 g/mol. The number of hydrogen-bond donors (Lipinski definition) is 1. The molecule has 0 aromatic heterocycles. The van der Waals surface area contributed by atoms with Crippen LogP contribution in [0.25, 0.3) is 0 Å². The lowest BCUT2D eigenvalue weighted by atomic mass is 10.4. The van der Waals surface area contributed by atoms with Gasteiger partial charge in [-0.2, -0.15) is 4.89 Å². The molecule has 50 valence electrons. The first kappa shape index (κ1) is 15.8. The van der Waals surface area contributed by atoms with Crippen molar-refractivity contribution in [2.75, 3.05) is 0 Å². The van der Waals surface area contributed by atoms with Crippen LogP contribution in [0, 0.1) is 0 Å². The van der Waals surface area contributed by atoms with Crippen LogP contribution in [0.2, 0.25) is 0 Å². The van der Waals surface area contributed by atoms with Crippen LogP contribution < -0.4 is 0 Å². The molecule has 0 radical (unpaired) electrons. The van der Waals surface area contributed by atoms with E-state index in [2.05, 4.69) is 13.8 Å². The number of hydrogen-bond acceptors (Lipinski definition) is 1. The van der Waals surface area contributed by atoms with E-state index in [0.29, 0.717) is 0 Å². The lowest BCUT2D eigenvalue weighted by Gasteiger charge is -1.68. The van der Waals surface area contributed by atoms with E-state index in [9.17, 15) is 0 Å². The average Bonchev–Trinajstić information content (AvgIpc) is 1.69. The van der Waals surface area contributed by atoms with Gasteiger partial charge in [-0.25, -0.2) is 0 Å². The van der Waals surface area contributed by atoms with Crippen LogP contribution in [-0.4, -0.2) is 22.3 Å². The zero-order chi connectivity index (χ0) is 6.12. The lowest BCUT2D eigenvalue weighted by Crippen LogP contribution is -1.47. The van der Waals surface area contributed by atoms with E-state index in [4.69, 9.17) is 9.46 Å². The Morgan fingerprint density at radius 1 is 1.38 bits per heavy atom. The Balaban J connectivity index is -0.0000000575. The van der Waals surface area contributed by atoms with Gasteiger partial charge in [0.1, 0.15) is 0 Å². The molecule has 0 aliphatic carbocycles. The molecule has 0 bridgehead atoms. The first-order valence-corrected chi connectivity index (χ1v) is 3.20. The van der Waals surface area contributed by atoms with Gasteiger partial charge in [0.05, 0.1) is 0 Å². The van der Waals surface area contributed by atoms with Crippen molar-refractivity contribution < 1.29 is 9.46 Å². The van der Waals surface area contributed by atoms with Gasteiger partial charge < -0.3 is 0 Å². The molecule has 0 saturated heterocycles. The van der Waals surface area contributed by atoms with Crippen LogP contribution in [-0.2, 0) is 4.57 Å². The first-order chi connectivity index (χ1) is 3.33. The zero-order valence-corrected chi connectivity index (χ0v) is 5.77. The molecule has 1 unspecified atom stereocenters. The summed E-state index contributed by atoms with van der Waals surface area (Å²) in [5.41, 5.74) is 0. The second-order valence-corrected chi connectivity index (χ2v) is 1.27. The predicted molar refractivity (Wildman–Crippen MR) is 41.7 cm³/mol. The van der Waals surface area contributed by atoms with Crippen LogP contribution in [0.5, 0.6) is 0 Å². The molecule has 0 amide bonds. The molecule has 4 heteroatoms. The van der Waals surface area contributed by atoms with E-state index in [1.165, 1.54) is 12.8 Å². The minimum atomic E-state index is -1.17. The summed E-state index contributed by atoms with van der Waals surface area (Å²) >= 11 is 0. The highest BCUT2D eigenvalue weighted by Crippen LogP contribution is 1.76. The third kappa shape index (κ3) is 81.3. The molecule has 1 atom stereocenters. The Labute approximate surface area is 62.7 Å². The zero-order valence-electron chi connectivity index (χ0n) is 4.77. The Morgan fingerprint density at radius 2 is 1.50 bits per heavy atom. The van der Waals surface area contributed by atoms with Crippen LogP contribution >= 0.6 is 8.69 Å². The van der Waals surface area contributed by atoms with Gasteiger partial charge in [-0.15, -0.1) is 0 Å². The van der Waals surface area contributed by atoms with Crippen LogP contribution in [0.4, 0.5) is 0 Å². The highest BCUT2D eigenvalue weighted by molar-refractivity contribution is 7.16. The second-order valence-electron chi connectivity index (χ2n) is 1.09. The summed E-state index contributed by atoms with van der Waals surface area (Å²) in [6.45, 7) is 4.36. The van der Waals surface area contributed by atoms with Crippen molar-refractivity contribution in [1.82, 2.24) is 0 Å². The fourth-order valence-corrected chi connectivity index (χ4v) is 0. The molecule has 8 heavy (non-hydrogen) atoms. The highest BCUT2D eigenvalue weighted by Gasteiger charge is 1.56. The smallest absolute Gasteiger partial charge is 0.162 e. The molecule has 0 rings (SSSR count). The molecule has 0 saturated carbocycles. The largest absolute Gasteiger partial charge is 0.491 e. The summed E-state index contributed by atoms with van der Waals surface area (Å²) in [6.07, 6.45) is 2.64. The van der Waals surface area contributed by atoms with E-state index in [1.54, 1.807) is 0 Å². The van der Waals surface area contributed by atoms with Crippen LogP contribution in [0.3, 0.4) is 0 Å². The lowest BCUT2D eigenvalue weighted by molar-refractivity contribution is 0.524. The normalized spacial score (nSPS) is 6.38. The van der Waals surface area contributed by atoms with Gasteiger partial charge in [0.2, 0.25) is 0 Å². The minimum Gasteiger partial charge on any atom is -0.162 e. The number of unbranched alkanes of at least 4 members (excludes halogenated alkanes) is 1. The predicted octanol–water partition coefficient (Wildman–Crippen LogP) is 0.540. The van der Waals surface area contributed by atoms with E-state index in [0.717, 1.165) is 0 Å². The van der Waals surface area contributed by atoms with E-state index in [-0.39, 0.29) is 17.4 Å². The van der Waals surface area contributed by atoms with E-state index in [1.807, 2.05) is 0 Å². The van der Waals surface area contributed by atoms with Crippen molar-refractivity contribution in [2.45, 2.75) is 26.7 Å². The molecule has 1 N–H and O–H groups in total. The van der Waals surface area contributed by atoms with Gasteiger partial charge in [-0.05, 0) is 4.57 Å². The minimum absolute atomic E-state index is 0. The summed E-state index contributed by atoms with van der Waals surface area (Å²) in [4.78, 5) is 7.04. The topological polar surface area (TPSA) is 37.3 Å². The third-order valence-corrected chi connectivity index (χ3v) is 0.500. The molecule has 0 aliphatic rings. The molecule has 0 aliphatic heterocycles. The van der Waals surface area contributed by atoms with Crippen LogP contribution in [0.15, 0.2) is 0 Å². The Morgan fingerprint density at radius 3 is 1.50 bits per heavy atom. The van der Waals surface area contributed by atoms with Gasteiger partial charge in [0, 0.05) is 0 Å². The first-order valence-electron chi connectivity index (χ1n) is 2.34. The SMILES string of the molecule is CCCC.O=[PH+]O.[AlH3]. The Kier molecular flexibility index (Phi) is 50.6. The Bertz CT molecular complexity index is 33.2. The van der Waals surface area contributed by atoms with Crippen molar-refractivity contribution in [2.24, 2.45) is 0 Å². The maximum absolute atomic E-state index is 8.51. The maximum Gasteiger partial charge on any atom is 0.491 e. The molecule has 0 aromatic carbocycles. The molecule has 0 spiro atoms. The van der Waals surface area contributed by atoms with Crippen molar-refractivity contribution >= 4 is 26.0 Å². The van der Waals surface area contributed by atoms with Gasteiger partial charge in [0.25, 0.3) is 0 Å². The summed E-state index contributed by atoms with van der Waals surface area (Å²) in [5, 5.41) is 0. The molecule has 0 aromatic rings. The monoisotopic (exact) mass is 153 g/mol. The molecule has 0 fully saturated rings. The fraction of sp³-hybridized carbons (Fsp3) is 1.00. The highest BCUT2D eigenvalue weighted by atomic mass is 31.1. The standard InChI is InChI=1S/C4H10.Al.HO2P.3H/c1-3-4-2;;1-3-2;;;/h3-4H2,1-2H3;;3H;;;/p+1. The molecular formula is C4H15AlO2P+. The van der Waals surface area contributed by atoms with Gasteiger partial charge in [-0.1, -0.05) is 26.7 Å². The second kappa shape index (κ2) is 25.6. The average molecular weight is 153 g/mol. The summed E-state index contributed by atoms with van der Waals surface area (Å²) in [5.74, 6) is 0. The van der Waals surface area contributed by atoms with E-state index < -0.39 is 8.69 Å². The molecule has 2 nitrogen and oxygen atoms in total. The summed E-state index contributed by atoms with van der Waals surface area (Å²) < 4.78 is 8.51. The van der Waals surface area contributed by atoms with Crippen LogP contribution in [0.1, 0.15) is 26.7 Å². The van der Waals surface area contributed by atoms with Gasteiger partial charge >= 0.3 is 8.69 Å². The maximum atomic E-state index is 8.51. The van der Waals surface area contributed by atoms with Crippen molar-refractivity contribution in [3.8, 4) is 0 Å². The number of rotatable bonds is 1. The Hall–Kier alpha value is 0.592.